The summed E-state index contributed by atoms with van der Waals surface area (Å²) in [5.41, 5.74) is 2.93. The fourth-order valence-corrected chi connectivity index (χ4v) is 5.91. The van der Waals surface area contributed by atoms with E-state index in [1.54, 1.807) is 24.5 Å². The zero-order valence-electron chi connectivity index (χ0n) is 13.5. The molecule has 2 heterocycles. The second-order valence-corrected chi connectivity index (χ2v) is 8.95. The Hall–Kier alpha value is -2.15. The highest BCUT2D eigenvalue weighted by atomic mass is 32.3. The van der Waals surface area contributed by atoms with E-state index in [2.05, 4.69) is 4.98 Å². The third-order valence-electron chi connectivity index (χ3n) is 4.18. The van der Waals surface area contributed by atoms with Gasteiger partial charge in [0.15, 0.2) is 0 Å². The summed E-state index contributed by atoms with van der Waals surface area (Å²) in [6.07, 6.45) is 3.43. The van der Waals surface area contributed by atoms with Crippen molar-refractivity contribution in [3.8, 4) is 0 Å². The van der Waals surface area contributed by atoms with Crippen molar-refractivity contribution in [2.75, 3.05) is 0 Å². The predicted octanol–water partition coefficient (Wildman–Crippen LogP) is 4.19. The quantitative estimate of drug-likeness (QED) is 0.651. The van der Waals surface area contributed by atoms with E-state index in [4.69, 9.17) is 0 Å². The number of aryl methyl sites for hydroxylation is 1. The molecule has 0 saturated heterocycles. The van der Waals surface area contributed by atoms with E-state index in [1.165, 1.54) is 15.7 Å². The van der Waals surface area contributed by atoms with Crippen LogP contribution in [0.1, 0.15) is 22.7 Å². The first-order chi connectivity index (χ1) is 12.1. The van der Waals surface area contributed by atoms with Gasteiger partial charge in [0.05, 0.1) is 10.9 Å². The van der Waals surface area contributed by atoms with Gasteiger partial charge in [-0.05, 0) is 48.2 Å². The number of hydrogen-bond donors (Lipinski definition) is 0. The molecule has 1 aromatic heterocycles. The van der Waals surface area contributed by atoms with Crippen LogP contribution in [0.25, 0.3) is 0 Å². The van der Waals surface area contributed by atoms with Crippen molar-refractivity contribution < 1.29 is 8.42 Å². The molecule has 25 heavy (non-hydrogen) atoms. The van der Waals surface area contributed by atoms with E-state index in [1.807, 2.05) is 55.5 Å². The molecule has 1 atom stereocenters. The first kappa shape index (κ1) is 16.3. The Labute approximate surface area is 151 Å². The van der Waals surface area contributed by atoms with E-state index >= 15 is 0 Å². The average molecular weight is 368 g/mol. The summed E-state index contributed by atoms with van der Waals surface area (Å²) in [5.74, 6) is 0. The number of hydrogen-bond acceptors (Lipinski definition) is 4. The third kappa shape index (κ3) is 2.86. The Bertz CT molecular complexity index is 1000. The van der Waals surface area contributed by atoms with E-state index in [0.717, 1.165) is 21.6 Å². The molecule has 1 aliphatic heterocycles. The van der Waals surface area contributed by atoms with Gasteiger partial charge in [-0.1, -0.05) is 48.0 Å². The van der Waals surface area contributed by atoms with Crippen LogP contribution in [0.15, 0.2) is 82.8 Å². The van der Waals surface area contributed by atoms with Crippen molar-refractivity contribution in [3.63, 3.8) is 0 Å². The molecule has 2 aromatic carbocycles. The number of fused-ring (bicyclic) bond motifs is 1. The van der Waals surface area contributed by atoms with Crippen molar-refractivity contribution in [1.29, 1.82) is 0 Å². The highest BCUT2D eigenvalue weighted by Crippen LogP contribution is 2.49. The molecule has 0 amide bonds. The molecule has 1 aliphatic rings. The molecular formula is C19H16N2O2S2. The lowest BCUT2D eigenvalue weighted by molar-refractivity contribution is 0.515. The Morgan fingerprint density at radius 2 is 1.72 bits per heavy atom. The molecule has 0 N–H and O–H groups in total. The molecule has 6 heteroatoms. The van der Waals surface area contributed by atoms with Crippen molar-refractivity contribution in [3.05, 3.63) is 89.7 Å². The second-order valence-electron chi connectivity index (χ2n) is 5.89. The number of rotatable bonds is 3. The van der Waals surface area contributed by atoms with Crippen LogP contribution in [-0.2, 0) is 10.0 Å². The maximum absolute atomic E-state index is 13.3. The second kappa shape index (κ2) is 6.29. The minimum Gasteiger partial charge on any atom is -0.263 e. The molecule has 0 aliphatic carbocycles. The molecule has 0 radical (unpaired) electrons. The SMILES string of the molecule is Cc1ccc(S(=O)(=O)N2Sc3cnccc3[C@@H]2c2ccccc2)cc1. The van der Waals surface area contributed by atoms with Gasteiger partial charge in [-0.3, -0.25) is 4.98 Å². The van der Waals surface area contributed by atoms with Gasteiger partial charge in [0.25, 0.3) is 10.0 Å². The molecule has 3 aromatic rings. The van der Waals surface area contributed by atoms with Gasteiger partial charge in [0, 0.05) is 17.3 Å². The standard InChI is InChI=1S/C19H16N2O2S2/c1-14-7-9-16(10-8-14)25(22,23)21-19(15-5-3-2-4-6-15)17-11-12-20-13-18(17)24-21/h2-13,19H,1H3/t19-/m0/s1. The van der Waals surface area contributed by atoms with Gasteiger partial charge in [0.2, 0.25) is 0 Å². The highest BCUT2D eigenvalue weighted by molar-refractivity contribution is 8.08. The number of sulfonamides is 1. The molecule has 126 valence electrons. The van der Waals surface area contributed by atoms with E-state index in [9.17, 15) is 8.42 Å². The summed E-state index contributed by atoms with van der Waals surface area (Å²) in [7, 11) is -3.65. The maximum Gasteiger partial charge on any atom is 0.253 e. The molecule has 4 rings (SSSR count). The minimum absolute atomic E-state index is 0.298. The van der Waals surface area contributed by atoms with Gasteiger partial charge in [0.1, 0.15) is 0 Å². The highest BCUT2D eigenvalue weighted by Gasteiger charge is 2.41. The smallest absolute Gasteiger partial charge is 0.253 e. The van der Waals surface area contributed by atoms with Gasteiger partial charge in [-0.2, -0.15) is 0 Å². The molecule has 4 nitrogen and oxygen atoms in total. The molecule has 0 fully saturated rings. The van der Waals surface area contributed by atoms with Crippen LogP contribution in [0.3, 0.4) is 0 Å². The van der Waals surface area contributed by atoms with E-state index in [0.29, 0.717) is 4.90 Å². The van der Waals surface area contributed by atoms with Gasteiger partial charge >= 0.3 is 0 Å². The summed E-state index contributed by atoms with van der Waals surface area (Å²) >= 11 is 1.23. The van der Waals surface area contributed by atoms with Crippen LogP contribution in [0.2, 0.25) is 0 Å². The normalized spacial score (nSPS) is 17.4. The number of aromatic nitrogens is 1. The Morgan fingerprint density at radius 1 is 1.00 bits per heavy atom. The topological polar surface area (TPSA) is 50.3 Å². The molecule has 0 bridgehead atoms. The van der Waals surface area contributed by atoms with Gasteiger partial charge in [-0.25, -0.2) is 8.42 Å². The fourth-order valence-electron chi connectivity index (χ4n) is 2.89. The number of nitrogens with zero attached hydrogens (tertiary/aromatic N) is 2. The summed E-state index contributed by atoms with van der Waals surface area (Å²) in [6, 6.07) is 18.2. The number of pyridine rings is 1. The van der Waals surface area contributed by atoms with Crippen LogP contribution in [0.4, 0.5) is 0 Å². The van der Waals surface area contributed by atoms with Crippen LogP contribution < -0.4 is 0 Å². The lowest BCUT2D eigenvalue weighted by Gasteiger charge is -2.23. The maximum atomic E-state index is 13.3. The zero-order valence-corrected chi connectivity index (χ0v) is 15.2. The first-order valence-corrected chi connectivity index (χ1v) is 10.1. The molecule has 0 unspecified atom stereocenters. The van der Waals surface area contributed by atoms with Gasteiger partial charge < -0.3 is 0 Å². The lowest BCUT2D eigenvalue weighted by atomic mass is 10.0. The minimum atomic E-state index is -3.65. The molecular weight excluding hydrogens is 352 g/mol. The first-order valence-electron chi connectivity index (χ1n) is 7.85. The van der Waals surface area contributed by atoms with Crippen LogP contribution in [0.5, 0.6) is 0 Å². The van der Waals surface area contributed by atoms with E-state index in [-0.39, 0.29) is 6.04 Å². The van der Waals surface area contributed by atoms with Crippen molar-refractivity contribution in [1.82, 2.24) is 8.69 Å². The summed E-state index contributed by atoms with van der Waals surface area (Å²) < 4.78 is 28.1. The molecule has 0 saturated carbocycles. The van der Waals surface area contributed by atoms with Crippen molar-refractivity contribution >= 4 is 22.0 Å². The lowest BCUT2D eigenvalue weighted by Crippen LogP contribution is -2.26. The van der Waals surface area contributed by atoms with E-state index < -0.39 is 10.0 Å². The van der Waals surface area contributed by atoms with Crippen molar-refractivity contribution in [2.24, 2.45) is 0 Å². The summed E-state index contributed by atoms with van der Waals surface area (Å²) in [6.45, 7) is 1.94. The molecule has 0 spiro atoms. The summed E-state index contributed by atoms with van der Waals surface area (Å²) in [5, 5.41) is 0. The third-order valence-corrected chi connectivity index (χ3v) is 7.47. The average Bonchev–Trinajstić information content (AvgIpc) is 3.03. The van der Waals surface area contributed by atoms with Gasteiger partial charge in [-0.15, -0.1) is 3.71 Å². The Morgan fingerprint density at radius 3 is 2.44 bits per heavy atom. The zero-order chi connectivity index (χ0) is 17.4. The van der Waals surface area contributed by atoms with Crippen LogP contribution in [-0.4, -0.2) is 17.1 Å². The van der Waals surface area contributed by atoms with Crippen molar-refractivity contribution in [2.45, 2.75) is 22.8 Å². The summed E-state index contributed by atoms with van der Waals surface area (Å²) in [4.78, 5) is 5.31. The Kier molecular flexibility index (Phi) is 4.11. The fraction of sp³-hybridized carbons (Fsp3) is 0.105. The monoisotopic (exact) mass is 368 g/mol. The van der Waals surface area contributed by atoms with Crippen LogP contribution >= 0.6 is 11.9 Å². The number of benzene rings is 2. The van der Waals surface area contributed by atoms with Crippen LogP contribution in [0, 0.1) is 6.92 Å². The Balaban J connectivity index is 1.85. The largest absolute Gasteiger partial charge is 0.263 e. The predicted molar refractivity (Wildman–Crippen MR) is 98.6 cm³/mol.